The van der Waals surface area contributed by atoms with Gasteiger partial charge < -0.3 is 4.98 Å². The van der Waals surface area contributed by atoms with Gasteiger partial charge >= 0.3 is 0 Å². The summed E-state index contributed by atoms with van der Waals surface area (Å²) < 4.78 is 39.9. The summed E-state index contributed by atoms with van der Waals surface area (Å²) in [6.45, 7) is 2.00. The zero-order valence-electron chi connectivity index (χ0n) is 20.4. The molecular weight excluding hydrogens is 505 g/mol. The molecule has 0 atom stereocenters. The Hall–Kier alpha value is -4.48. The number of aromatic nitrogens is 6. The number of benzene rings is 1. The van der Waals surface area contributed by atoms with Crippen LogP contribution in [0.5, 0.6) is 0 Å². The average molecular weight is 528 g/mol. The Bertz CT molecular complexity index is 1950. The van der Waals surface area contributed by atoms with Crippen molar-refractivity contribution in [2.75, 3.05) is 6.26 Å². The van der Waals surface area contributed by atoms with E-state index >= 15 is 0 Å². The normalized spacial score (nSPS) is 12.0. The topological polar surface area (TPSA) is 129 Å². The average Bonchev–Trinajstić information content (AvgIpc) is 3.50. The van der Waals surface area contributed by atoms with Crippen molar-refractivity contribution in [3.8, 4) is 33.8 Å². The van der Waals surface area contributed by atoms with E-state index in [0.29, 0.717) is 28.2 Å². The van der Waals surface area contributed by atoms with Crippen molar-refractivity contribution < 1.29 is 12.8 Å². The fourth-order valence-corrected chi connectivity index (χ4v) is 4.97. The number of nitrogens with zero attached hydrogens (tertiary/aromatic N) is 4. The highest BCUT2D eigenvalue weighted by Crippen LogP contribution is 2.34. The molecule has 6 rings (SSSR count). The number of pyridine rings is 3. The number of hydrogen-bond acceptors (Lipinski definition) is 6. The van der Waals surface area contributed by atoms with Crippen molar-refractivity contribution in [1.82, 2.24) is 34.9 Å². The number of nitrogens with one attached hydrogen (secondary N) is 3. The molecule has 3 N–H and O–H groups in total. The van der Waals surface area contributed by atoms with Crippen LogP contribution in [0.25, 0.3) is 55.7 Å². The first-order chi connectivity index (χ1) is 18.2. The molecule has 38 heavy (non-hydrogen) atoms. The smallest absolute Gasteiger partial charge is 0.209 e. The Morgan fingerprint density at radius 2 is 1.82 bits per heavy atom. The lowest BCUT2D eigenvalue weighted by Gasteiger charge is -2.08. The number of H-pyrrole nitrogens is 2. The minimum absolute atomic E-state index is 0.0248. The van der Waals surface area contributed by atoms with Crippen molar-refractivity contribution in [3.63, 3.8) is 0 Å². The molecule has 11 heteroatoms. The minimum Gasteiger partial charge on any atom is -0.353 e. The van der Waals surface area contributed by atoms with Gasteiger partial charge in [0.25, 0.3) is 0 Å². The number of aryl methyl sites for hydroxylation is 1. The van der Waals surface area contributed by atoms with E-state index in [1.165, 1.54) is 12.1 Å². The lowest BCUT2D eigenvalue weighted by Crippen LogP contribution is -2.21. The van der Waals surface area contributed by atoms with Gasteiger partial charge in [-0.2, -0.15) is 5.10 Å². The molecule has 0 saturated carbocycles. The second kappa shape index (κ2) is 9.12. The van der Waals surface area contributed by atoms with E-state index in [1.807, 2.05) is 37.4 Å². The lowest BCUT2D eigenvalue weighted by molar-refractivity contribution is 0.586. The number of halogens is 1. The van der Waals surface area contributed by atoms with Crippen molar-refractivity contribution in [3.05, 3.63) is 84.2 Å². The first kappa shape index (κ1) is 23.9. The van der Waals surface area contributed by atoms with Crippen molar-refractivity contribution in [1.29, 1.82) is 0 Å². The summed E-state index contributed by atoms with van der Waals surface area (Å²) >= 11 is 0. The summed E-state index contributed by atoms with van der Waals surface area (Å²) in [5, 5.41) is 9.13. The maximum absolute atomic E-state index is 14.5. The van der Waals surface area contributed by atoms with E-state index in [4.69, 9.17) is 0 Å². The first-order valence-electron chi connectivity index (χ1n) is 11.7. The highest BCUT2D eigenvalue weighted by molar-refractivity contribution is 7.88. The summed E-state index contributed by atoms with van der Waals surface area (Å²) in [5.41, 5.74) is 7.49. The number of aromatic amines is 2. The molecule has 5 heterocycles. The second-order valence-corrected chi connectivity index (χ2v) is 11.0. The van der Waals surface area contributed by atoms with Crippen LogP contribution in [0.15, 0.2) is 67.3 Å². The van der Waals surface area contributed by atoms with Gasteiger partial charge in [-0.3, -0.25) is 15.1 Å². The molecule has 0 unspecified atom stereocenters. The quantitative estimate of drug-likeness (QED) is 0.287. The van der Waals surface area contributed by atoms with Crippen LogP contribution < -0.4 is 4.72 Å². The Morgan fingerprint density at radius 1 is 0.947 bits per heavy atom. The molecule has 9 nitrogen and oxygen atoms in total. The molecular formula is C27H22FN7O2S. The van der Waals surface area contributed by atoms with Gasteiger partial charge in [0.15, 0.2) is 5.65 Å². The van der Waals surface area contributed by atoms with E-state index in [0.717, 1.165) is 44.9 Å². The van der Waals surface area contributed by atoms with Crippen LogP contribution in [-0.4, -0.2) is 44.8 Å². The fraction of sp³-hybridized carbons (Fsp3) is 0.111. The van der Waals surface area contributed by atoms with Crippen LogP contribution >= 0.6 is 0 Å². The molecule has 0 aliphatic heterocycles. The Morgan fingerprint density at radius 3 is 2.63 bits per heavy atom. The number of hydrogen-bond donors (Lipinski definition) is 3. The van der Waals surface area contributed by atoms with Gasteiger partial charge in [0.2, 0.25) is 10.0 Å². The third-order valence-corrected chi connectivity index (χ3v) is 7.01. The zero-order chi connectivity index (χ0) is 26.4. The summed E-state index contributed by atoms with van der Waals surface area (Å²) in [6, 6.07) is 12.2. The number of fused-ring (bicyclic) bond motifs is 2. The molecule has 0 amide bonds. The third-order valence-electron chi connectivity index (χ3n) is 6.34. The second-order valence-electron chi connectivity index (χ2n) is 9.13. The Labute approximate surface area is 217 Å². The molecule has 0 spiro atoms. The molecule has 0 saturated heterocycles. The van der Waals surface area contributed by atoms with Gasteiger partial charge in [-0.15, -0.1) is 0 Å². The summed E-state index contributed by atoms with van der Waals surface area (Å²) in [4.78, 5) is 16.7. The molecule has 190 valence electrons. The van der Waals surface area contributed by atoms with Crippen LogP contribution in [0, 0.1) is 12.7 Å². The van der Waals surface area contributed by atoms with E-state index < -0.39 is 15.8 Å². The van der Waals surface area contributed by atoms with Crippen LogP contribution in [-0.2, 0) is 16.6 Å². The van der Waals surface area contributed by atoms with Crippen LogP contribution in [0.1, 0.15) is 11.1 Å². The monoisotopic (exact) mass is 527 g/mol. The summed E-state index contributed by atoms with van der Waals surface area (Å²) in [7, 11) is -3.42. The third kappa shape index (κ3) is 4.53. The maximum Gasteiger partial charge on any atom is 0.209 e. The van der Waals surface area contributed by atoms with Crippen molar-refractivity contribution in [2.45, 2.75) is 13.5 Å². The number of sulfonamides is 1. The molecule has 0 aliphatic rings. The molecule has 1 aromatic carbocycles. The molecule has 0 radical (unpaired) electrons. The summed E-state index contributed by atoms with van der Waals surface area (Å²) in [5.74, 6) is -0.482. The highest BCUT2D eigenvalue weighted by Gasteiger charge is 2.17. The molecule has 0 aliphatic carbocycles. The largest absolute Gasteiger partial charge is 0.353 e. The zero-order valence-corrected chi connectivity index (χ0v) is 21.3. The SMILES string of the molecule is Cc1ccncc1-c1cnc2[nH]nc(-c3cc4c(-c5cc(F)cc(CNS(C)(=O)=O)c5)nccc4[nH]3)c2c1. The van der Waals surface area contributed by atoms with Crippen LogP contribution in [0.4, 0.5) is 4.39 Å². The van der Waals surface area contributed by atoms with E-state index in [2.05, 4.69) is 34.9 Å². The lowest BCUT2D eigenvalue weighted by atomic mass is 10.0. The van der Waals surface area contributed by atoms with E-state index in [1.54, 1.807) is 24.7 Å². The predicted molar refractivity (Wildman–Crippen MR) is 144 cm³/mol. The van der Waals surface area contributed by atoms with Gasteiger partial charge in [0, 0.05) is 64.3 Å². The van der Waals surface area contributed by atoms with Crippen LogP contribution in [0.2, 0.25) is 0 Å². The summed E-state index contributed by atoms with van der Waals surface area (Å²) in [6.07, 6.45) is 8.07. The van der Waals surface area contributed by atoms with E-state index in [-0.39, 0.29) is 6.54 Å². The predicted octanol–water partition coefficient (Wildman–Crippen LogP) is 4.73. The fourth-order valence-electron chi connectivity index (χ4n) is 4.54. The molecule has 6 aromatic rings. The van der Waals surface area contributed by atoms with E-state index in [9.17, 15) is 12.8 Å². The highest BCUT2D eigenvalue weighted by atomic mass is 32.2. The van der Waals surface area contributed by atoms with Gasteiger partial charge in [0.05, 0.1) is 17.6 Å². The standard InChI is InChI=1S/C27H22FN7O2S/c1-15-3-5-29-14-22(15)18-10-21-26(34-35-27(21)31-13-18)24-11-20-23(33-24)4-6-30-25(20)17-7-16(8-19(28)9-17)12-32-38(2,36)37/h3-11,13-14,32-33H,12H2,1-2H3,(H,31,34,35). The minimum atomic E-state index is -3.42. The van der Waals surface area contributed by atoms with Gasteiger partial charge in [-0.05, 0) is 60.5 Å². The van der Waals surface area contributed by atoms with Gasteiger partial charge in [-0.1, -0.05) is 0 Å². The van der Waals surface area contributed by atoms with Crippen LogP contribution in [0.3, 0.4) is 0 Å². The Kier molecular flexibility index (Phi) is 5.73. The first-order valence-corrected chi connectivity index (χ1v) is 13.6. The number of rotatable bonds is 6. The van der Waals surface area contributed by atoms with Crippen molar-refractivity contribution >= 4 is 32.0 Å². The van der Waals surface area contributed by atoms with Crippen molar-refractivity contribution in [2.24, 2.45) is 0 Å². The van der Waals surface area contributed by atoms with Gasteiger partial charge in [0.1, 0.15) is 11.5 Å². The molecule has 5 aromatic heterocycles. The van der Waals surface area contributed by atoms with Gasteiger partial charge in [-0.25, -0.2) is 22.5 Å². The molecule has 0 fully saturated rings. The molecule has 0 bridgehead atoms. The Balaban J connectivity index is 1.44. The maximum atomic E-state index is 14.5.